The highest BCUT2D eigenvalue weighted by Gasteiger charge is 2.29. The number of carbonyl (C=O) groups excluding carboxylic acids is 2. The molecule has 1 amide bonds. The molecule has 174 valence electrons. The predicted molar refractivity (Wildman–Crippen MR) is 114 cm³/mol. The van der Waals surface area contributed by atoms with E-state index in [1.165, 1.54) is 11.8 Å². The van der Waals surface area contributed by atoms with Crippen LogP contribution in [0.3, 0.4) is 0 Å². The van der Waals surface area contributed by atoms with Crippen LogP contribution in [0.2, 0.25) is 0 Å². The number of nitrogens with one attached hydrogen (secondary N) is 1. The minimum absolute atomic E-state index is 0.0661. The Morgan fingerprint density at radius 2 is 1.94 bits per heavy atom. The van der Waals surface area contributed by atoms with E-state index in [-0.39, 0.29) is 32.2 Å². The number of benzene rings is 1. The third kappa shape index (κ3) is 7.59. The van der Waals surface area contributed by atoms with Gasteiger partial charge in [-0.15, -0.1) is 0 Å². The lowest BCUT2D eigenvalue weighted by Crippen LogP contribution is -2.49. The van der Waals surface area contributed by atoms with Crippen LogP contribution in [0.5, 0.6) is 11.5 Å². The second-order valence-corrected chi connectivity index (χ2v) is 7.44. The number of hydrogen-bond acceptors (Lipinski definition) is 8. The Morgan fingerprint density at radius 1 is 1.23 bits per heavy atom. The highest BCUT2D eigenvalue weighted by atomic mass is 16.7. The molecular formula is C22H34N2O7. The Bertz CT molecular complexity index is 734. The van der Waals surface area contributed by atoms with Gasteiger partial charge in [-0.1, -0.05) is 26.0 Å². The van der Waals surface area contributed by atoms with Gasteiger partial charge in [0.1, 0.15) is 18.8 Å². The average Bonchev–Trinajstić information content (AvgIpc) is 2.76. The smallest absolute Gasteiger partial charge is 0.413 e. The van der Waals surface area contributed by atoms with Crippen LogP contribution in [0.4, 0.5) is 4.79 Å². The Hall–Kier alpha value is -2.52. The lowest BCUT2D eigenvalue weighted by molar-refractivity contribution is -0.170. The summed E-state index contributed by atoms with van der Waals surface area (Å²) in [6, 6.07) is 6.73. The Balaban J connectivity index is 1.83. The first-order valence-corrected chi connectivity index (χ1v) is 10.5. The number of para-hydroxylation sites is 2. The Morgan fingerprint density at radius 3 is 2.58 bits per heavy atom. The molecular weight excluding hydrogens is 404 g/mol. The van der Waals surface area contributed by atoms with Crippen molar-refractivity contribution in [3.8, 4) is 11.5 Å². The first-order valence-electron chi connectivity index (χ1n) is 11.2. The Labute approximate surface area is 185 Å². The molecule has 0 bridgehead atoms. The fraction of sp³-hybridized carbons (Fsp3) is 0.636. The van der Waals surface area contributed by atoms with E-state index in [2.05, 4.69) is 5.32 Å². The molecule has 2 unspecified atom stereocenters. The van der Waals surface area contributed by atoms with E-state index in [1.807, 2.05) is 45.0 Å². The maximum atomic E-state index is 12.5. The van der Waals surface area contributed by atoms with Crippen LogP contribution in [0.1, 0.15) is 29.1 Å². The van der Waals surface area contributed by atoms with E-state index < -0.39 is 24.4 Å². The van der Waals surface area contributed by atoms with Crippen molar-refractivity contribution < 1.29 is 34.6 Å². The van der Waals surface area contributed by atoms with E-state index in [9.17, 15) is 9.59 Å². The van der Waals surface area contributed by atoms with E-state index in [1.54, 1.807) is 0 Å². The zero-order chi connectivity index (χ0) is 23.5. The van der Waals surface area contributed by atoms with Crippen molar-refractivity contribution in [2.24, 2.45) is 5.92 Å². The molecule has 9 heteroatoms. The number of rotatable bonds is 10. The van der Waals surface area contributed by atoms with Gasteiger partial charge in [-0.2, -0.15) is 0 Å². The fourth-order valence-electron chi connectivity index (χ4n) is 3.08. The largest absolute Gasteiger partial charge is 0.490 e. The molecule has 1 aromatic carbocycles. The summed E-state index contributed by atoms with van der Waals surface area (Å²) in [5.41, 5.74) is 0. The van der Waals surface area contributed by atoms with Crippen molar-refractivity contribution in [2.45, 2.75) is 46.1 Å². The van der Waals surface area contributed by atoms with Crippen LogP contribution < -0.4 is 14.8 Å². The number of amides is 1. The summed E-state index contributed by atoms with van der Waals surface area (Å²) >= 11 is 0. The van der Waals surface area contributed by atoms with E-state index in [0.717, 1.165) is 0 Å². The van der Waals surface area contributed by atoms with Crippen molar-refractivity contribution in [3.05, 3.63) is 24.3 Å². The first-order chi connectivity index (χ1) is 15.3. The molecule has 1 aliphatic rings. The zero-order valence-corrected chi connectivity index (χ0v) is 18.7. The number of hydrogen-bond donors (Lipinski definition) is 1. The fourth-order valence-corrected chi connectivity index (χ4v) is 3.08. The standard InChI is InChI=1S/C22H34N2O7/c1-6-27-18-9-7-8-10-19(18)29-14-17-13-24(11-12-28-17)22(26)31-16(4)30-21(25)20(23-5)15(2)3/h7-10,15-17,20,23H,6,11-14H2,1-5H3/t16?,17?,20-/m0/s1/i5D. The molecule has 0 aromatic heterocycles. The first kappa shape index (κ1) is 23.1. The maximum Gasteiger partial charge on any atom is 0.413 e. The zero-order valence-electron chi connectivity index (χ0n) is 19.7. The van der Waals surface area contributed by atoms with Crippen molar-refractivity contribution in [1.29, 1.82) is 0 Å². The van der Waals surface area contributed by atoms with Gasteiger partial charge in [-0.25, -0.2) is 4.79 Å². The summed E-state index contributed by atoms with van der Waals surface area (Å²) in [6.45, 7) is 8.82. The average molecular weight is 440 g/mol. The van der Waals surface area contributed by atoms with E-state index in [4.69, 9.17) is 25.1 Å². The van der Waals surface area contributed by atoms with Gasteiger partial charge >= 0.3 is 12.1 Å². The summed E-state index contributed by atoms with van der Waals surface area (Å²) in [5, 5.41) is 2.75. The lowest BCUT2D eigenvalue weighted by atomic mass is 10.1. The molecule has 1 saturated heterocycles. The van der Waals surface area contributed by atoms with Crippen LogP contribution in [0.25, 0.3) is 0 Å². The van der Waals surface area contributed by atoms with Gasteiger partial charge in [0.15, 0.2) is 11.5 Å². The highest BCUT2D eigenvalue weighted by Crippen LogP contribution is 2.26. The van der Waals surface area contributed by atoms with Gasteiger partial charge in [0.25, 0.3) is 0 Å². The summed E-state index contributed by atoms with van der Waals surface area (Å²) in [4.78, 5) is 26.3. The molecule has 0 radical (unpaired) electrons. The molecule has 9 nitrogen and oxygen atoms in total. The molecule has 0 spiro atoms. The molecule has 1 aromatic rings. The molecule has 31 heavy (non-hydrogen) atoms. The van der Waals surface area contributed by atoms with Gasteiger partial charge in [-0.3, -0.25) is 4.79 Å². The van der Waals surface area contributed by atoms with Crippen molar-refractivity contribution in [3.63, 3.8) is 0 Å². The molecule has 3 atom stereocenters. The second kappa shape index (κ2) is 12.4. The number of nitrogens with zero attached hydrogens (tertiary/aromatic N) is 1. The molecule has 1 heterocycles. The molecule has 1 aliphatic heterocycles. The quantitative estimate of drug-likeness (QED) is 0.439. The maximum absolute atomic E-state index is 12.5. The van der Waals surface area contributed by atoms with Gasteiger partial charge in [0.05, 0.1) is 19.8 Å². The van der Waals surface area contributed by atoms with Crippen molar-refractivity contribution in [2.75, 3.05) is 39.9 Å². The SMILES string of the molecule is [2H]CN[C@H](C(=O)OC(C)OC(=O)N1CCOC(COc2ccccc2OCC)C1)C(C)C. The predicted octanol–water partition coefficient (Wildman–Crippen LogP) is 2.43. The minimum atomic E-state index is -1.06. The number of ether oxygens (including phenoxy) is 5. The highest BCUT2D eigenvalue weighted by molar-refractivity contribution is 5.76. The molecule has 1 fully saturated rings. The molecule has 1 N–H and O–H groups in total. The van der Waals surface area contributed by atoms with E-state index >= 15 is 0 Å². The number of likely N-dealkylation sites (N-methyl/N-ethyl adjacent to an activating group) is 1. The molecule has 2 rings (SSSR count). The third-order valence-corrected chi connectivity index (χ3v) is 4.66. The summed E-state index contributed by atoms with van der Waals surface area (Å²) < 4.78 is 34.9. The van der Waals surface area contributed by atoms with E-state index in [0.29, 0.717) is 31.3 Å². The normalized spacial score (nSPS) is 18.7. The van der Waals surface area contributed by atoms with Gasteiger partial charge < -0.3 is 33.9 Å². The number of morpholine rings is 1. The van der Waals surface area contributed by atoms with Crippen LogP contribution in [0.15, 0.2) is 24.3 Å². The topological polar surface area (TPSA) is 95.6 Å². The van der Waals surface area contributed by atoms with Crippen LogP contribution in [-0.4, -0.2) is 75.3 Å². The van der Waals surface area contributed by atoms with Gasteiger partial charge in [0, 0.05) is 14.8 Å². The number of esters is 1. The van der Waals surface area contributed by atoms with Gasteiger partial charge in [-0.05, 0) is 32.0 Å². The summed E-state index contributed by atoms with van der Waals surface area (Å²) in [5.74, 6) is 0.633. The molecule has 0 aliphatic carbocycles. The lowest BCUT2D eigenvalue weighted by Gasteiger charge is -2.33. The summed E-state index contributed by atoms with van der Waals surface area (Å²) in [6.07, 6.45) is -1.99. The van der Waals surface area contributed by atoms with Crippen LogP contribution in [-0.2, 0) is 19.0 Å². The minimum Gasteiger partial charge on any atom is -0.490 e. The third-order valence-electron chi connectivity index (χ3n) is 4.66. The van der Waals surface area contributed by atoms with Gasteiger partial charge in [0.2, 0.25) is 6.29 Å². The van der Waals surface area contributed by atoms with Crippen molar-refractivity contribution >= 4 is 12.1 Å². The second-order valence-electron chi connectivity index (χ2n) is 7.44. The molecule has 0 saturated carbocycles. The number of carbonyl (C=O) groups is 2. The van der Waals surface area contributed by atoms with Crippen molar-refractivity contribution in [1.82, 2.24) is 10.2 Å². The monoisotopic (exact) mass is 439 g/mol. The Kier molecular flexibility index (Phi) is 9.23. The van der Waals surface area contributed by atoms with Crippen LogP contribution in [0, 0.1) is 5.92 Å². The summed E-state index contributed by atoms with van der Waals surface area (Å²) in [7, 11) is -0.113. The van der Waals surface area contributed by atoms with Crippen LogP contribution >= 0.6 is 0 Å².